The summed E-state index contributed by atoms with van der Waals surface area (Å²) < 4.78 is 0. The second-order valence-electron chi connectivity index (χ2n) is 4.90. The van der Waals surface area contributed by atoms with Crippen molar-refractivity contribution in [3.63, 3.8) is 0 Å². The lowest BCUT2D eigenvalue weighted by atomic mass is 9.80. The number of carbonyl (C=O) groups is 1. The van der Waals surface area contributed by atoms with Gasteiger partial charge in [-0.25, -0.2) is 0 Å². The Morgan fingerprint density at radius 2 is 1.93 bits per heavy atom. The molecule has 0 bridgehead atoms. The van der Waals surface area contributed by atoms with Crippen molar-refractivity contribution in [1.82, 2.24) is 5.32 Å². The van der Waals surface area contributed by atoms with E-state index in [1.54, 1.807) is 0 Å². The highest BCUT2D eigenvalue weighted by Gasteiger charge is 2.23. The summed E-state index contributed by atoms with van der Waals surface area (Å²) in [6.45, 7) is 4.50. The molecule has 1 aliphatic rings. The lowest BCUT2D eigenvalue weighted by Gasteiger charge is -2.31. The van der Waals surface area contributed by atoms with Crippen molar-refractivity contribution in [2.45, 2.75) is 52.0 Å². The number of nitrogens with one attached hydrogen (secondary N) is 1. The Labute approximate surface area is 92.3 Å². The van der Waals surface area contributed by atoms with Gasteiger partial charge in [0.15, 0.2) is 0 Å². The zero-order valence-electron chi connectivity index (χ0n) is 9.83. The first-order valence-corrected chi connectivity index (χ1v) is 6.03. The first-order valence-electron chi connectivity index (χ1n) is 6.03. The average Bonchev–Trinajstić information content (AvgIpc) is 2.18. The van der Waals surface area contributed by atoms with Crippen LogP contribution in [0.3, 0.4) is 0 Å². The van der Waals surface area contributed by atoms with Crippen LogP contribution in [0.5, 0.6) is 0 Å². The van der Waals surface area contributed by atoms with Crippen molar-refractivity contribution in [2.24, 2.45) is 11.8 Å². The Bertz CT molecular complexity index is 196. The van der Waals surface area contributed by atoms with Gasteiger partial charge in [-0.3, -0.25) is 4.79 Å². The molecule has 2 N–H and O–H groups in total. The van der Waals surface area contributed by atoms with Crippen LogP contribution in [0.15, 0.2) is 0 Å². The van der Waals surface area contributed by atoms with Gasteiger partial charge in [-0.05, 0) is 37.5 Å². The molecule has 1 saturated carbocycles. The molecule has 0 aromatic rings. The zero-order chi connectivity index (χ0) is 11.3. The minimum atomic E-state index is -0.0484. The van der Waals surface area contributed by atoms with Crippen molar-refractivity contribution in [1.29, 1.82) is 0 Å². The van der Waals surface area contributed by atoms with E-state index < -0.39 is 0 Å². The Kier molecular flexibility index (Phi) is 5.09. The second-order valence-corrected chi connectivity index (χ2v) is 4.90. The summed E-state index contributed by atoms with van der Waals surface area (Å²) in [5.41, 5.74) is 0. The molecule has 88 valence electrons. The van der Waals surface area contributed by atoms with Crippen molar-refractivity contribution < 1.29 is 9.90 Å². The van der Waals surface area contributed by atoms with E-state index in [1.165, 1.54) is 12.8 Å². The van der Waals surface area contributed by atoms with Gasteiger partial charge in [0.1, 0.15) is 0 Å². The van der Waals surface area contributed by atoms with Gasteiger partial charge < -0.3 is 10.4 Å². The van der Waals surface area contributed by atoms with Crippen LogP contribution in [0.4, 0.5) is 0 Å². The molecule has 1 fully saturated rings. The summed E-state index contributed by atoms with van der Waals surface area (Å²) in [7, 11) is 0. The molecule has 0 saturated heterocycles. The number of amides is 1. The third-order valence-corrected chi connectivity index (χ3v) is 3.42. The van der Waals surface area contributed by atoms with Crippen LogP contribution in [-0.4, -0.2) is 23.7 Å². The fourth-order valence-corrected chi connectivity index (χ4v) is 2.33. The molecule has 1 amide bonds. The van der Waals surface area contributed by atoms with E-state index in [0.29, 0.717) is 6.04 Å². The van der Waals surface area contributed by atoms with Crippen molar-refractivity contribution in [3.05, 3.63) is 0 Å². The number of hydrogen-bond donors (Lipinski definition) is 2. The Morgan fingerprint density at radius 1 is 1.33 bits per heavy atom. The fourth-order valence-electron chi connectivity index (χ4n) is 2.33. The van der Waals surface area contributed by atoms with E-state index >= 15 is 0 Å². The second kappa shape index (κ2) is 6.11. The molecule has 15 heavy (non-hydrogen) atoms. The van der Waals surface area contributed by atoms with Crippen molar-refractivity contribution in [3.8, 4) is 0 Å². The van der Waals surface area contributed by atoms with Crippen LogP contribution in [-0.2, 0) is 4.79 Å². The molecule has 3 nitrogen and oxygen atoms in total. The summed E-state index contributed by atoms with van der Waals surface area (Å²) in [4.78, 5) is 11.3. The Morgan fingerprint density at radius 3 is 2.40 bits per heavy atom. The maximum absolute atomic E-state index is 11.3. The molecule has 1 aliphatic carbocycles. The predicted molar refractivity (Wildman–Crippen MR) is 60.4 cm³/mol. The third-order valence-electron chi connectivity index (χ3n) is 3.42. The number of aliphatic hydroxyl groups excluding tert-OH is 1. The van der Waals surface area contributed by atoms with Gasteiger partial charge in [-0.2, -0.15) is 0 Å². The van der Waals surface area contributed by atoms with Gasteiger partial charge in [0.25, 0.3) is 0 Å². The highest BCUT2D eigenvalue weighted by Crippen LogP contribution is 2.29. The van der Waals surface area contributed by atoms with E-state index in [9.17, 15) is 4.79 Å². The lowest BCUT2D eigenvalue weighted by Crippen LogP contribution is -2.38. The fraction of sp³-hybridized carbons (Fsp3) is 0.917. The first kappa shape index (κ1) is 12.5. The van der Waals surface area contributed by atoms with E-state index in [1.807, 2.05) is 0 Å². The SMILES string of the molecule is CC(C)C1CCC(NC(=O)CCO)CC1. The summed E-state index contributed by atoms with van der Waals surface area (Å²) in [5.74, 6) is 1.58. The molecule has 3 heteroatoms. The predicted octanol–water partition coefficient (Wildman–Crippen LogP) is 1.70. The molecule has 0 aromatic heterocycles. The number of rotatable bonds is 4. The molecule has 0 aliphatic heterocycles. The monoisotopic (exact) mass is 213 g/mol. The van der Waals surface area contributed by atoms with Gasteiger partial charge >= 0.3 is 0 Å². The van der Waals surface area contributed by atoms with Gasteiger partial charge in [0.05, 0.1) is 6.61 Å². The van der Waals surface area contributed by atoms with Gasteiger partial charge in [-0.1, -0.05) is 13.8 Å². The molecule has 1 rings (SSSR count). The topological polar surface area (TPSA) is 49.3 Å². The van der Waals surface area contributed by atoms with Gasteiger partial charge in [-0.15, -0.1) is 0 Å². The van der Waals surface area contributed by atoms with E-state index in [4.69, 9.17) is 5.11 Å². The molecular weight excluding hydrogens is 190 g/mol. The van der Waals surface area contributed by atoms with Crippen LogP contribution in [0.2, 0.25) is 0 Å². The largest absolute Gasteiger partial charge is 0.396 e. The minimum absolute atomic E-state index is 0.00880. The quantitative estimate of drug-likeness (QED) is 0.746. The molecule has 0 heterocycles. The maximum atomic E-state index is 11.3. The summed E-state index contributed by atoms with van der Waals surface area (Å²) >= 11 is 0. The Hall–Kier alpha value is -0.570. The van der Waals surface area contributed by atoms with E-state index in [0.717, 1.165) is 24.7 Å². The third kappa shape index (κ3) is 4.20. The summed E-state index contributed by atoms with van der Waals surface area (Å²) in [5, 5.41) is 11.6. The van der Waals surface area contributed by atoms with Crippen LogP contribution in [0.25, 0.3) is 0 Å². The number of aliphatic hydroxyl groups is 1. The molecular formula is C12H23NO2. The first-order chi connectivity index (χ1) is 7.13. The zero-order valence-corrected chi connectivity index (χ0v) is 9.83. The highest BCUT2D eigenvalue weighted by atomic mass is 16.3. The molecule has 0 radical (unpaired) electrons. The average molecular weight is 213 g/mol. The van der Waals surface area contributed by atoms with Gasteiger partial charge in [0.2, 0.25) is 5.91 Å². The molecule has 0 spiro atoms. The van der Waals surface area contributed by atoms with Crippen LogP contribution in [0.1, 0.15) is 46.0 Å². The molecule has 0 unspecified atom stereocenters. The highest BCUT2D eigenvalue weighted by molar-refractivity contribution is 5.76. The van der Waals surface area contributed by atoms with E-state index in [-0.39, 0.29) is 18.9 Å². The standard InChI is InChI=1S/C12H23NO2/c1-9(2)10-3-5-11(6-4-10)13-12(15)7-8-14/h9-11,14H,3-8H2,1-2H3,(H,13,15). The lowest BCUT2D eigenvalue weighted by molar-refractivity contribution is -0.122. The van der Waals surface area contributed by atoms with Crippen LogP contribution < -0.4 is 5.32 Å². The Balaban J connectivity index is 2.22. The minimum Gasteiger partial charge on any atom is -0.396 e. The van der Waals surface area contributed by atoms with Gasteiger partial charge in [0, 0.05) is 12.5 Å². The molecule has 0 atom stereocenters. The molecule has 0 aromatic carbocycles. The van der Waals surface area contributed by atoms with Crippen LogP contribution >= 0.6 is 0 Å². The number of hydrogen-bond acceptors (Lipinski definition) is 2. The number of carbonyl (C=O) groups excluding carboxylic acids is 1. The van der Waals surface area contributed by atoms with E-state index in [2.05, 4.69) is 19.2 Å². The van der Waals surface area contributed by atoms with Crippen molar-refractivity contribution in [2.75, 3.05) is 6.61 Å². The smallest absolute Gasteiger partial charge is 0.222 e. The summed E-state index contributed by atoms with van der Waals surface area (Å²) in [6.07, 6.45) is 4.88. The van der Waals surface area contributed by atoms with Crippen molar-refractivity contribution >= 4 is 5.91 Å². The summed E-state index contributed by atoms with van der Waals surface area (Å²) in [6, 6.07) is 0.346. The normalized spacial score (nSPS) is 26.7. The van der Waals surface area contributed by atoms with Crippen LogP contribution in [0, 0.1) is 11.8 Å². The maximum Gasteiger partial charge on any atom is 0.222 e.